The zero-order valence-corrected chi connectivity index (χ0v) is 23.6. The molecule has 5 nitrogen and oxygen atoms in total. The number of nitrogens with one attached hydrogen (secondary N) is 2. The largest absolute Gasteiger partial charge is 0.447 e. The number of carbonyl (C=O) groups is 1. The van der Waals surface area contributed by atoms with Gasteiger partial charge in [-0.15, -0.1) is 0 Å². The third-order valence-corrected chi connectivity index (χ3v) is 18.7. The van der Waals surface area contributed by atoms with E-state index in [1.807, 2.05) is 0 Å². The smallest absolute Gasteiger partial charge is 0.407 e. The Kier molecular flexibility index (Phi) is 8.86. The quantitative estimate of drug-likeness (QED) is 0.335. The van der Waals surface area contributed by atoms with Crippen LogP contribution in [0.25, 0.3) is 10.9 Å². The summed E-state index contributed by atoms with van der Waals surface area (Å²) in [5.41, 5.74) is 3.98. The third kappa shape index (κ3) is 5.41. The second-order valence-electron chi connectivity index (χ2n) is 9.69. The summed E-state index contributed by atoms with van der Waals surface area (Å²) in [6.45, 7) is 15.3. The molecule has 2 heterocycles. The van der Waals surface area contributed by atoms with E-state index in [-0.39, 0.29) is 12.1 Å². The molecule has 1 aromatic carbocycles. The van der Waals surface area contributed by atoms with Crippen molar-refractivity contribution < 1.29 is 14.0 Å². The summed E-state index contributed by atoms with van der Waals surface area (Å²) in [5.74, 6) is 0. The van der Waals surface area contributed by atoms with Crippen LogP contribution in [0.4, 0.5) is 4.79 Å². The van der Waals surface area contributed by atoms with Crippen molar-refractivity contribution in [1.82, 2.24) is 10.3 Å². The zero-order chi connectivity index (χ0) is 24.1. The van der Waals surface area contributed by atoms with Gasteiger partial charge in [-0.2, -0.15) is 0 Å². The number of hydrogen-bond acceptors (Lipinski definition) is 3. The number of aromatic nitrogens is 1. The van der Waals surface area contributed by atoms with Crippen molar-refractivity contribution in [2.45, 2.75) is 96.7 Å². The number of cyclic esters (lactones) is 1. The minimum atomic E-state index is -1.60. The van der Waals surface area contributed by atoms with E-state index in [2.05, 4.69) is 70.0 Å². The Morgan fingerprint density at radius 3 is 2.21 bits per heavy atom. The summed E-state index contributed by atoms with van der Waals surface area (Å²) in [7, 11) is -3.18. The van der Waals surface area contributed by atoms with Gasteiger partial charge in [0, 0.05) is 22.8 Å². The van der Waals surface area contributed by atoms with E-state index >= 15 is 0 Å². The molecule has 1 atom stereocenters. The molecule has 184 valence electrons. The molecule has 1 saturated heterocycles. The SMILES string of the molecule is CC[Si](CC)(CC)OCCc1c([Si](CC)(CC)CC)[nH]c2ccc(C[C@H]3COC(=O)N3)cc12. The van der Waals surface area contributed by atoms with E-state index in [1.165, 1.54) is 58.3 Å². The molecule has 2 N–H and O–H groups in total. The Morgan fingerprint density at radius 2 is 1.67 bits per heavy atom. The number of rotatable bonds is 13. The second-order valence-corrected chi connectivity index (χ2v) is 19.6. The van der Waals surface area contributed by atoms with Crippen LogP contribution in [0.1, 0.15) is 52.7 Å². The Labute approximate surface area is 202 Å². The fourth-order valence-corrected chi connectivity index (χ4v) is 12.2. The minimum absolute atomic E-state index is 0.0563. The molecule has 7 heteroatoms. The molecule has 0 bridgehead atoms. The van der Waals surface area contributed by atoms with Gasteiger partial charge in [-0.3, -0.25) is 0 Å². The van der Waals surface area contributed by atoms with Crippen molar-refractivity contribution >= 4 is 38.7 Å². The number of hydrogen-bond donors (Lipinski definition) is 2. The van der Waals surface area contributed by atoms with Crippen molar-refractivity contribution in [3.05, 3.63) is 29.3 Å². The highest BCUT2D eigenvalue weighted by molar-refractivity contribution is 6.91. The van der Waals surface area contributed by atoms with Gasteiger partial charge >= 0.3 is 6.09 Å². The van der Waals surface area contributed by atoms with Crippen molar-refractivity contribution in [3.63, 3.8) is 0 Å². The van der Waals surface area contributed by atoms with Crippen LogP contribution in [0.3, 0.4) is 0 Å². The lowest BCUT2D eigenvalue weighted by molar-refractivity contribution is 0.177. The van der Waals surface area contributed by atoms with Gasteiger partial charge in [-0.1, -0.05) is 65.7 Å². The molecule has 2 aromatic rings. The first-order valence-corrected chi connectivity index (χ1v) is 18.3. The highest BCUT2D eigenvalue weighted by Gasteiger charge is 2.35. The lowest BCUT2D eigenvalue weighted by Gasteiger charge is -2.30. The van der Waals surface area contributed by atoms with Crippen molar-refractivity contribution in [2.75, 3.05) is 13.2 Å². The molecule has 0 aliphatic carbocycles. The highest BCUT2D eigenvalue weighted by atomic mass is 28.4. The minimum Gasteiger partial charge on any atom is -0.447 e. The van der Waals surface area contributed by atoms with Gasteiger partial charge in [0.05, 0.1) is 6.04 Å². The lowest BCUT2D eigenvalue weighted by Crippen LogP contribution is -2.48. The predicted molar refractivity (Wildman–Crippen MR) is 144 cm³/mol. The summed E-state index contributed by atoms with van der Waals surface area (Å²) >= 11 is 0. The van der Waals surface area contributed by atoms with E-state index < -0.39 is 16.4 Å². The summed E-state index contributed by atoms with van der Waals surface area (Å²) in [5, 5.41) is 5.80. The highest BCUT2D eigenvalue weighted by Crippen LogP contribution is 2.29. The third-order valence-electron chi connectivity index (χ3n) is 8.44. The number of amides is 1. The summed E-state index contributed by atoms with van der Waals surface area (Å²) in [6, 6.07) is 14.2. The van der Waals surface area contributed by atoms with E-state index in [0.717, 1.165) is 19.4 Å². The van der Waals surface area contributed by atoms with Crippen molar-refractivity contribution in [3.8, 4) is 0 Å². The van der Waals surface area contributed by atoms with Gasteiger partial charge < -0.3 is 19.5 Å². The first kappa shape index (κ1) is 26.0. The van der Waals surface area contributed by atoms with Crippen LogP contribution in [0.15, 0.2) is 18.2 Å². The van der Waals surface area contributed by atoms with Crippen LogP contribution in [-0.2, 0) is 22.0 Å². The molecule has 3 rings (SSSR count). The van der Waals surface area contributed by atoms with E-state index in [0.29, 0.717) is 6.61 Å². The first-order valence-electron chi connectivity index (χ1n) is 13.1. The number of carbonyl (C=O) groups excluding carboxylic acids is 1. The predicted octanol–water partition coefficient (Wildman–Crippen LogP) is 6.10. The maximum atomic E-state index is 11.5. The maximum absolute atomic E-state index is 11.5. The Bertz CT molecular complexity index is 918. The standard InChI is InChI=1S/C26H44N2O3Si2/c1-7-32(8-2,9-3)25-22(15-16-31-33(10-4,11-5)12-6)23-18-20(13-14-24(23)28-25)17-21-19-30-26(29)27-21/h13-14,18,21,28H,7-12,15-17,19H2,1-6H3,(H,27,29)/t21-/m0/s1. The molecule has 1 amide bonds. The van der Waals surface area contributed by atoms with E-state index in [1.54, 1.807) is 5.32 Å². The molecule has 1 fully saturated rings. The number of ether oxygens (including phenoxy) is 1. The normalized spacial score (nSPS) is 16.9. The van der Waals surface area contributed by atoms with Gasteiger partial charge in [-0.25, -0.2) is 4.79 Å². The number of alkyl carbamates (subject to hydrolysis) is 1. The monoisotopic (exact) mass is 488 g/mol. The molecule has 1 aliphatic heterocycles. The molecule has 0 spiro atoms. The molecular weight excluding hydrogens is 444 g/mol. The Balaban J connectivity index is 1.97. The van der Waals surface area contributed by atoms with Crippen LogP contribution < -0.4 is 10.6 Å². The van der Waals surface area contributed by atoms with Crippen molar-refractivity contribution in [1.29, 1.82) is 0 Å². The Hall–Kier alpha value is -1.58. The summed E-state index contributed by atoms with van der Waals surface area (Å²) < 4.78 is 11.8. The van der Waals surface area contributed by atoms with Crippen LogP contribution in [0.5, 0.6) is 0 Å². The van der Waals surface area contributed by atoms with Crippen LogP contribution in [0, 0.1) is 0 Å². The van der Waals surface area contributed by atoms with Gasteiger partial charge in [0.1, 0.15) is 14.7 Å². The topological polar surface area (TPSA) is 63.4 Å². The first-order chi connectivity index (χ1) is 15.9. The lowest BCUT2D eigenvalue weighted by atomic mass is 10.0. The van der Waals surface area contributed by atoms with Crippen molar-refractivity contribution in [2.24, 2.45) is 0 Å². The van der Waals surface area contributed by atoms with E-state index in [9.17, 15) is 4.79 Å². The van der Waals surface area contributed by atoms with Gasteiger partial charge in [-0.05, 0) is 54.2 Å². The van der Waals surface area contributed by atoms with Gasteiger partial charge in [0.25, 0.3) is 0 Å². The number of aromatic amines is 1. The average Bonchev–Trinajstić information content (AvgIpc) is 3.42. The van der Waals surface area contributed by atoms with Gasteiger partial charge in [0.15, 0.2) is 8.32 Å². The number of fused-ring (bicyclic) bond motifs is 1. The van der Waals surface area contributed by atoms with E-state index in [4.69, 9.17) is 9.16 Å². The average molecular weight is 489 g/mol. The molecule has 0 radical (unpaired) electrons. The fraction of sp³-hybridized carbons (Fsp3) is 0.654. The summed E-state index contributed by atoms with van der Waals surface area (Å²) in [4.78, 5) is 15.4. The number of benzene rings is 1. The molecule has 33 heavy (non-hydrogen) atoms. The van der Waals surface area contributed by atoms with Crippen LogP contribution in [0.2, 0.25) is 36.3 Å². The molecule has 0 saturated carbocycles. The Morgan fingerprint density at radius 1 is 1.00 bits per heavy atom. The summed E-state index contributed by atoms with van der Waals surface area (Å²) in [6.07, 6.45) is 1.47. The van der Waals surface area contributed by atoms with Gasteiger partial charge in [0.2, 0.25) is 0 Å². The van der Waals surface area contributed by atoms with Crippen LogP contribution >= 0.6 is 0 Å². The molecular formula is C26H44N2O3Si2. The zero-order valence-electron chi connectivity index (χ0n) is 21.6. The number of H-pyrrole nitrogens is 1. The van der Waals surface area contributed by atoms with Crippen LogP contribution in [-0.4, -0.2) is 46.7 Å². The fourth-order valence-electron chi connectivity index (χ4n) is 5.66. The maximum Gasteiger partial charge on any atom is 0.407 e. The molecule has 0 unspecified atom stereocenters. The second kappa shape index (κ2) is 11.2. The molecule has 1 aromatic heterocycles. The molecule has 1 aliphatic rings.